The number of hydrogen-bond acceptors (Lipinski definition) is 4. The monoisotopic (exact) mass is 265 g/mol. The fourth-order valence-corrected chi connectivity index (χ4v) is 1.93. The van der Waals surface area contributed by atoms with Crippen molar-refractivity contribution in [3.63, 3.8) is 0 Å². The van der Waals surface area contributed by atoms with E-state index in [1.165, 1.54) is 6.33 Å². The molecule has 0 radical (unpaired) electrons. The van der Waals surface area contributed by atoms with Gasteiger partial charge in [-0.2, -0.15) is 0 Å². The Labute approximate surface area is 109 Å². The fraction of sp³-hybridized carbons (Fsp3) is 0.455. The van der Waals surface area contributed by atoms with Crippen LogP contribution < -0.4 is 16.4 Å². The van der Waals surface area contributed by atoms with Gasteiger partial charge >= 0.3 is 0 Å². The molecule has 5 N–H and O–H groups in total. The quantitative estimate of drug-likeness (QED) is 0.500. The summed E-state index contributed by atoms with van der Waals surface area (Å²) in [7, 11) is 0. The Morgan fingerprint density at radius 1 is 1.26 bits per heavy atom. The number of carbonyl (C=O) groups is 3. The molecule has 1 aliphatic rings. The van der Waals surface area contributed by atoms with Crippen LogP contribution in [0.2, 0.25) is 0 Å². The minimum absolute atomic E-state index is 0.0591. The molecule has 8 heteroatoms. The Morgan fingerprint density at radius 3 is 2.58 bits per heavy atom. The van der Waals surface area contributed by atoms with Crippen LogP contribution in [-0.2, 0) is 20.8 Å². The number of aromatic nitrogens is 2. The van der Waals surface area contributed by atoms with E-state index in [1.54, 1.807) is 6.20 Å². The fourth-order valence-electron chi connectivity index (χ4n) is 1.93. The molecule has 1 fully saturated rings. The van der Waals surface area contributed by atoms with Crippen LogP contribution in [0, 0.1) is 0 Å². The molecule has 3 amide bonds. The van der Waals surface area contributed by atoms with Crippen LogP contribution in [0.5, 0.6) is 0 Å². The number of primary amides is 1. The Balaban J connectivity index is 1.92. The number of H-pyrrole nitrogens is 1. The summed E-state index contributed by atoms with van der Waals surface area (Å²) in [5.41, 5.74) is 5.77. The molecule has 0 spiro atoms. The van der Waals surface area contributed by atoms with E-state index in [2.05, 4.69) is 20.6 Å². The summed E-state index contributed by atoms with van der Waals surface area (Å²) in [6.07, 6.45) is 3.72. The van der Waals surface area contributed by atoms with Gasteiger partial charge in [-0.1, -0.05) is 0 Å². The zero-order valence-electron chi connectivity index (χ0n) is 10.2. The summed E-state index contributed by atoms with van der Waals surface area (Å²) in [6.45, 7) is 0. The summed E-state index contributed by atoms with van der Waals surface area (Å²) in [5.74, 6) is -1.07. The number of carbonyl (C=O) groups excluding carboxylic acids is 3. The maximum Gasteiger partial charge on any atom is 0.243 e. The predicted octanol–water partition coefficient (Wildman–Crippen LogP) is -1.80. The molecular formula is C11H15N5O3. The molecule has 102 valence electrons. The maximum atomic E-state index is 11.8. The molecule has 0 bridgehead atoms. The number of piperazine rings is 1. The molecule has 1 saturated heterocycles. The first-order chi connectivity index (χ1) is 9.06. The maximum absolute atomic E-state index is 11.8. The van der Waals surface area contributed by atoms with Crippen molar-refractivity contribution in [3.05, 3.63) is 18.2 Å². The zero-order chi connectivity index (χ0) is 13.8. The minimum atomic E-state index is -0.696. The molecule has 0 saturated carbocycles. The second-order valence-corrected chi connectivity index (χ2v) is 4.41. The van der Waals surface area contributed by atoms with Crippen LogP contribution in [0.15, 0.2) is 12.5 Å². The number of amides is 3. The zero-order valence-corrected chi connectivity index (χ0v) is 10.2. The van der Waals surface area contributed by atoms with Crippen LogP contribution in [0.25, 0.3) is 0 Å². The van der Waals surface area contributed by atoms with Crippen LogP contribution in [0.4, 0.5) is 0 Å². The Morgan fingerprint density at radius 2 is 1.95 bits per heavy atom. The molecule has 0 unspecified atom stereocenters. The highest BCUT2D eigenvalue weighted by molar-refractivity contribution is 5.97. The molecule has 2 rings (SSSR count). The van der Waals surface area contributed by atoms with Crippen LogP contribution in [0.1, 0.15) is 18.5 Å². The van der Waals surface area contributed by atoms with Crippen molar-refractivity contribution in [1.29, 1.82) is 0 Å². The summed E-state index contributed by atoms with van der Waals surface area (Å²) in [6, 6.07) is -1.32. The first-order valence-corrected chi connectivity index (χ1v) is 5.92. The van der Waals surface area contributed by atoms with Gasteiger partial charge in [-0.15, -0.1) is 0 Å². The van der Waals surface area contributed by atoms with Crippen molar-refractivity contribution in [1.82, 2.24) is 20.6 Å². The minimum Gasteiger partial charge on any atom is -0.370 e. The third kappa shape index (κ3) is 3.30. The van der Waals surface area contributed by atoms with E-state index in [-0.39, 0.29) is 24.7 Å². The average molecular weight is 265 g/mol. The van der Waals surface area contributed by atoms with E-state index >= 15 is 0 Å². The Bertz CT molecular complexity index is 485. The van der Waals surface area contributed by atoms with E-state index in [0.717, 1.165) is 5.69 Å². The second kappa shape index (κ2) is 5.51. The number of nitrogens with one attached hydrogen (secondary N) is 3. The van der Waals surface area contributed by atoms with E-state index in [0.29, 0.717) is 6.42 Å². The lowest BCUT2D eigenvalue weighted by Gasteiger charge is -2.29. The largest absolute Gasteiger partial charge is 0.370 e. The van der Waals surface area contributed by atoms with Crippen molar-refractivity contribution in [3.8, 4) is 0 Å². The summed E-state index contributed by atoms with van der Waals surface area (Å²) >= 11 is 0. The first kappa shape index (κ1) is 13.1. The highest BCUT2D eigenvalue weighted by Gasteiger charge is 2.33. The van der Waals surface area contributed by atoms with Gasteiger partial charge in [0.05, 0.1) is 6.33 Å². The van der Waals surface area contributed by atoms with Gasteiger partial charge in [-0.3, -0.25) is 14.4 Å². The van der Waals surface area contributed by atoms with Gasteiger partial charge in [0, 0.05) is 24.7 Å². The van der Waals surface area contributed by atoms with Crippen LogP contribution in [0.3, 0.4) is 0 Å². The number of imidazole rings is 1. The lowest BCUT2D eigenvalue weighted by Crippen LogP contribution is -2.62. The van der Waals surface area contributed by atoms with Crippen molar-refractivity contribution in [2.45, 2.75) is 31.3 Å². The van der Waals surface area contributed by atoms with E-state index in [9.17, 15) is 14.4 Å². The predicted molar refractivity (Wildman–Crippen MR) is 64.6 cm³/mol. The number of nitrogens with two attached hydrogens (primary N) is 1. The normalized spacial score (nSPS) is 22.7. The van der Waals surface area contributed by atoms with Gasteiger partial charge < -0.3 is 21.4 Å². The Kier molecular flexibility index (Phi) is 3.79. The van der Waals surface area contributed by atoms with Crippen molar-refractivity contribution < 1.29 is 14.4 Å². The highest BCUT2D eigenvalue weighted by Crippen LogP contribution is 2.07. The van der Waals surface area contributed by atoms with Crippen molar-refractivity contribution in [2.75, 3.05) is 0 Å². The Hall–Kier alpha value is -2.38. The third-order valence-electron chi connectivity index (χ3n) is 2.92. The smallest absolute Gasteiger partial charge is 0.243 e. The highest BCUT2D eigenvalue weighted by atomic mass is 16.2. The molecule has 1 aromatic heterocycles. The second-order valence-electron chi connectivity index (χ2n) is 4.41. The van der Waals surface area contributed by atoms with Gasteiger partial charge in [-0.25, -0.2) is 4.98 Å². The standard InChI is InChI=1S/C11H15N5O3/c12-9(17)2-1-7-10(18)16-8(11(19)15-7)3-6-4-13-5-14-6/h4-5,7-8H,1-3H2,(H2,12,17)(H,13,14)(H,15,19)(H,16,18)/t7-,8-/m0/s1. The van der Waals surface area contributed by atoms with Gasteiger partial charge in [0.2, 0.25) is 17.7 Å². The molecule has 1 aliphatic heterocycles. The lowest BCUT2D eigenvalue weighted by molar-refractivity contribution is -0.137. The SMILES string of the molecule is NC(=O)CC[C@@H]1NC(=O)[C@H](Cc2cnc[nH]2)NC1=O. The first-order valence-electron chi connectivity index (χ1n) is 5.92. The molecule has 1 aromatic rings. The topological polar surface area (TPSA) is 130 Å². The van der Waals surface area contributed by atoms with Gasteiger partial charge in [0.25, 0.3) is 0 Å². The summed E-state index contributed by atoms with van der Waals surface area (Å²) < 4.78 is 0. The lowest BCUT2D eigenvalue weighted by atomic mass is 10.0. The average Bonchev–Trinajstić information content (AvgIpc) is 2.84. The van der Waals surface area contributed by atoms with Crippen LogP contribution >= 0.6 is 0 Å². The van der Waals surface area contributed by atoms with Crippen molar-refractivity contribution >= 4 is 17.7 Å². The number of rotatable bonds is 5. The molecule has 0 aliphatic carbocycles. The van der Waals surface area contributed by atoms with E-state index < -0.39 is 18.0 Å². The number of nitrogens with zero attached hydrogens (tertiary/aromatic N) is 1. The molecule has 2 atom stereocenters. The number of aromatic amines is 1. The third-order valence-corrected chi connectivity index (χ3v) is 2.92. The van der Waals surface area contributed by atoms with Crippen molar-refractivity contribution in [2.24, 2.45) is 5.73 Å². The van der Waals surface area contributed by atoms with Crippen LogP contribution in [-0.4, -0.2) is 39.8 Å². The summed E-state index contributed by atoms with van der Waals surface area (Å²) in [4.78, 5) is 41.0. The molecular weight excluding hydrogens is 250 g/mol. The van der Waals surface area contributed by atoms with E-state index in [4.69, 9.17) is 5.73 Å². The van der Waals surface area contributed by atoms with Gasteiger partial charge in [0.1, 0.15) is 12.1 Å². The van der Waals surface area contributed by atoms with Gasteiger partial charge in [-0.05, 0) is 6.42 Å². The van der Waals surface area contributed by atoms with E-state index in [1.807, 2.05) is 0 Å². The molecule has 8 nitrogen and oxygen atoms in total. The molecule has 2 heterocycles. The molecule has 0 aromatic carbocycles. The summed E-state index contributed by atoms with van der Waals surface area (Å²) in [5, 5.41) is 5.22. The molecule has 19 heavy (non-hydrogen) atoms. The number of hydrogen-bond donors (Lipinski definition) is 4. The van der Waals surface area contributed by atoms with Gasteiger partial charge in [0.15, 0.2) is 0 Å².